The van der Waals surface area contributed by atoms with Crippen LogP contribution in [0.15, 0.2) is 29.2 Å². The van der Waals surface area contributed by atoms with Crippen LogP contribution in [0.5, 0.6) is 0 Å². The molecule has 9 heteroatoms. The minimum Gasteiger partial charge on any atom is -0.376 e. The van der Waals surface area contributed by atoms with Gasteiger partial charge in [-0.2, -0.15) is 4.31 Å². The molecule has 2 amide bonds. The third-order valence-corrected chi connectivity index (χ3v) is 6.76. The predicted octanol–water partition coefficient (Wildman–Crippen LogP) is 1.41. The Kier molecular flexibility index (Phi) is 5.79. The summed E-state index contributed by atoms with van der Waals surface area (Å²) in [6, 6.07) is 4.49. The molecule has 0 aromatic heterocycles. The van der Waals surface area contributed by atoms with Crippen molar-refractivity contribution in [3.05, 3.63) is 30.1 Å². The highest BCUT2D eigenvalue weighted by Crippen LogP contribution is 2.19. The van der Waals surface area contributed by atoms with Crippen LogP contribution in [-0.2, 0) is 14.8 Å². The lowest BCUT2D eigenvalue weighted by atomic mass is 10.1. The number of sulfonamides is 1. The summed E-state index contributed by atoms with van der Waals surface area (Å²) in [5.41, 5.74) is 0. The summed E-state index contributed by atoms with van der Waals surface area (Å²) in [6.07, 6.45) is 1.98. The van der Waals surface area contributed by atoms with Crippen molar-refractivity contribution in [1.29, 1.82) is 0 Å². The van der Waals surface area contributed by atoms with Gasteiger partial charge in [0, 0.05) is 32.8 Å². The van der Waals surface area contributed by atoms with Gasteiger partial charge in [-0.15, -0.1) is 0 Å². The second kappa shape index (κ2) is 7.89. The Morgan fingerprint density at radius 3 is 2.46 bits per heavy atom. The lowest BCUT2D eigenvalue weighted by Crippen LogP contribution is -2.55. The molecule has 2 fully saturated rings. The second-order valence-electron chi connectivity index (χ2n) is 6.63. The molecule has 144 valence electrons. The fourth-order valence-electron chi connectivity index (χ4n) is 3.26. The van der Waals surface area contributed by atoms with Gasteiger partial charge in [0.15, 0.2) is 0 Å². The Hall–Kier alpha value is -1.71. The maximum absolute atomic E-state index is 13.0. The first-order valence-electron chi connectivity index (χ1n) is 8.81. The van der Waals surface area contributed by atoms with Crippen molar-refractivity contribution in [2.75, 3.05) is 32.8 Å². The molecule has 1 aromatic rings. The molecule has 2 heterocycles. The number of benzene rings is 1. The van der Waals surface area contributed by atoms with E-state index in [1.165, 1.54) is 16.4 Å². The molecular weight excluding hydrogens is 361 g/mol. The number of halogens is 1. The van der Waals surface area contributed by atoms with Gasteiger partial charge >= 0.3 is 6.03 Å². The molecule has 0 radical (unpaired) electrons. The number of hydrogen-bond acceptors (Lipinski definition) is 4. The normalized spacial score (nSPS) is 23.0. The summed E-state index contributed by atoms with van der Waals surface area (Å²) in [6.45, 7) is 3.69. The van der Waals surface area contributed by atoms with Gasteiger partial charge in [0.2, 0.25) is 10.0 Å². The molecule has 1 N–H and O–H groups in total. The molecule has 3 rings (SSSR count). The van der Waals surface area contributed by atoms with Crippen LogP contribution in [0.25, 0.3) is 0 Å². The lowest BCUT2D eigenvalue weighted by Gasteiger charge is -2.35. The molecule has 0 saturated carbocycles. The van der Waals surface area contributed by atoms with E-state index in [4.69, 9.17) is 4.74 Å². The van der Waals surface area contributed by atoms with E-state index in [0.29, 0.717) is 13.1 Å². The summed E-state index contributed by atoms with van der Waals surface area (Å²) in [5, 5.41) is 2.94. The molecular formula is C17H24FN3O4S. The Bertz CT molecular complexity index is 727. The topological polar surface area (TPSA) is 79.0 Å². The average Bonchev–Trinajstić information content (AvgIpc) is 3.17. The highest BCUT2D eigenvalue weighted by atomic mass is 32.2. The number of carbonyl (C=O) groups is 1. The van der Waals surface area contributed by atoms with Crippen molar-refractivity contribution >= 4 is 16.1 Å². The minimum absolute atomic E-state index is 0.0408. The van der Waals surface area contributed by atoms with Crippen LogP contribution in [-0.4, -0.2) is 68.6 Å². The molecule has 2 aliphatic rings. The van der Waals surface area contributed by atoms with Gasteiger partial charge in [-0.3, -0.25) is 0 Å². The highest BCUT2D eigenvalue weighted by molar-refractivity contribution is 7.89. The maximum atomic E-state index is 13.0. The van der Waals surface area contributed by atoms with Gasteiger partial charge in [0.1, 0.15) is 5.82 Å². The van der Waals surface area contributed by atoms with Crippen LogP contribution in [0.3, 0.4) is 0 Å². The van der Waals surface area contributed by atoms with Gasteiger partial charge in [0.25, 0.3) is 0 Å². The molecule has 0 aliphatic carbocycles. The van der Waals surface area contributed by atoms with Gasteiger partial charge in [-0.1, -0.05) is 0 Å². The number of nitrogens with zero attached hydrogens (tertiary/aromatic N) is 2. The van der Waals surface area contributed by atoms with Crippen LogP contribution in [0.4, 0.5) is 9.18 Å². The fraction of sp³-hybridized carbons (Fsp3) is 0.588. The van der Waals surface area contributed by atoms with Gasteiger partial charge in [-0.25, -0.2) is 17.6 Å². The summed E-state index contributed by atoms with van der Waals surface area (Å²) in [5.74, 6) is -0.481. The quantitative estimate of drug-likeness (QED) is 0.850. The second-order valence-corrected chi connectivity index (χ2v) is 8.57. The van der Waals surface area contributed by atoms with Gasteiger partial charge in [0.05, 0.1) is 17.0 Å². The van der Waals surface area contributed by atoms with Gasteiger partial charge in [-0.05, 0) is 44.0 Å². The van der Waals surface area contributed by atoms with Crippen LogP contribution in [0.2, 0.25) is 0 Å². The number of carbonyl (C=O) groups excluding carboxylic acids is 1. The minimum atomic E-state index is -3.68. The van der Waals surface area contributed by atoms with E-state index in [1.54, 1.807) is 4.90 Å². The van der Waals surface area contributed by atoms with E-state index in [-0.39, 0.29) is 36.2 Å². The Morgan fingerprint density at radius 1 is 1.23 bits per heavy atom. The van der Waals surface area contributed by atoms with E-state index >= 15 is 0 Å². The number of ether oxygens (including phenoxy) is 1. The molecule has 2 unspecified atom stereocenters. The Morgan fingerprint density at radius 2 is 1.88 bits per heavy atom. The van der Waals surface area contributed by atoms with Gasteiger partial charge < -0.3 is 15.0 Å². The van der Waals surface area contributed by atoms with Crippen molar-refractivity contribution in [1.82, 2.24) is 14.5 Å². The van der Waals surface area contributed by atoms with Crippen molar-refractivity contribution in [3.8, 4) is 0 Å². The zero-order valence-corrected chi connectivity index (χ0v) is 15.5. The Labute approximate surface area is 153 Å². The van der Waals surface area contributed by atoms with E-state index < -0.39 is 15.8 Å². The molecule has 1 aromatic carbocycles. The zero-order valence-electron chi connectivity index (χ0n) is 14.7. The van der Waals surface area contributed by atoms with E-state index in [0.717, 1.165) is 31.6 Å². The SMILES string of the molecule is CC(NC(=O)N1CCN(S(=O)(=O)c2ccc(F)cc2)CC1)C1CCCO1. The van der Waals surface area contributed by atoms with Crippen LogP contribution in [0, 0.1) is 5.82 Å². The van der Waals surface area contributed by atoms with Crippen molar-refractivity contribution in [3.63, 3.8) is 0 Å². The lowest BCUT2D eigenvalue weighted by molar-refractivity contribution is 0.0821. The largest absolute Gasteiger partial charge is 0.376 e. The van der Waals surface area contributed by atoms with Crippen molar-refractivity contribution < 1.29 is 22.3 Å². The first-order valence-corrected chi connectivity index (χ1v) is 10.2. The van der Waals surface area contributed by atoms with E-state index in [9.17, 15) is 17.6 Å². The molecule has 2 aliphatic heterocycles. The molecule has 26 heavy (non-hydrogen) atoms. The van der Waals surface area contributed by atoms with Crippen molar-refractivity contribution in [2.45, 2.75) is 36.8 Å². The number of rotatable bonds is 4. The van der Waals surface area contributed by atoms with Crippen LogP contribution in [0.1, 0.15) is 19.8 Å². The standard InChI is InChI=1S/C17H24FN3O4S/c1-13(16-3-2-12-25-16)19-17(22)20-8-10-21(11-9-20)26(23,24)15-6-4-14(18)5-7-15/h4-7,13,16H,2-3,8-12H2,1H3,(H,19,22). The molecule has 0 bridgehead atoms. The molecule has 2 saturated heterocycles. The fourth-order valence-corrected chi connectivity index (χ4v) is 4.69. The molecule has 0 spiro atoms. The predicted molar refractivity (Wildman–Crippen MR) is 93.7 cm³/mol. The monoisotopic (exact) mass is 385 g/mol. The Balaban J connectivity index is 1.54. The maximum Gasteiger partial charge on any atom is 0.317 e. The summed E-state index contributed by atoms with van der Waals surface area (Å²) in [7, 11) is -3.68. The van der Waals surface area contributed by atoms with Crippen LogP contribution < -0.4 is 5.32 Å². The zero-order chi connectivity index (χ0) is 18.7. The first-order chi connectivity index (χ1) is 12.4. The molecule has 2 atom stereocenters. The number of nitrogens with one attached hydrogen (secondary N) is 1. The van der Waals surface area contributed by atoms with E-state index in [1.807, 2.05) is 6.92 Å². The number of piperazine rings is 1. The molecule has 7 nitrogen and oxygen atoms in total. The first kappa shape index (κ1) is 19.1. The summed E-state index contributed by atoms with van der Waals surface area (Å²) < 4.78 is 45.1. The average molecular weight is 385 g/mol. The third-order valence-electron chi connectivity index (χ3n) is 4.85. The highest BCUT2D eigenvalue weighted by Gasteiger charge is 2.31. The number of hydrogen-bond donors (Lipinski definition) is 1. The summed E-state index contributed by atoms with van der Waals surface area (Å²) in [4.78, 5) is 14.1. The van der Waals surface area contributed by atoms with E-state index in [2.05, 4.69) is 5.32 Å². The smallest absolute Gasteiger partial charge is 0.317 e. The third kappa shape index (κ3) is 4.16. The van der Waals surface area contributed by atoms with Crippen molar-refractivity contribution in [2.24, 2.45) is 0 Å². The number of amides is 2. The number of urea groups is 1. The summed E-state index contributed by atoms with van der Waals surface area (Å²) >= 11 is 0. The van der Waals surface area contributed by atoms with Crippen LogP contribution >= 0.6 is 0 Å².